The van der Waals surface area contributed by atoms with Gasteiger partial charge in [-0.15, -0.1) is 0 Å². The molecule has 140 valence electrons. The number of ether oxygens (including phenoxy) is 2. The average molecular weight is 375 g/mol. The van der Waals surface area contributed by atoms with E-state index in [-0.39, 0.29) is 16.6 Å². The topological polar surface area (TPSA) is 64.6 Å². The summed E-state index contributed by atoms with van der Waals surface area (Å²) in [6, 6.07) is 11.9. The van der Waals surface area contributed by atoms with E-state index in [2.05, 4.69) is 4.72 Å². The Labute approximate surface area is 155 Å². The molecule has 0 unspecified atom stereocenters. The molecule has 3 rings (SSSR count). The predicted octanol–water partition coefficient (Wildman–Crippen LogP) is 4.38. The Hall–Kier alpha value is -2.21. The molecule has 0 saturated heterocycles. The number of nitrogens with one attached hydrogen (secondary N) is 1. The Morgan fingerprint density at radius 3 is 2.46 bits per heavy atom. The van der Waals surface area contributed by atoms with Gasteiger partial charge in [0.25, 0.3) is 10.0 Å². The van der Waals surface area contributed by atoms with Crippen molar-refractivity contribution in [2.75, 3.05) is 4.72 Å². The Morgan fingerprint density at radius 2 is 1.81 bits per heavy atom. The Morgan fingerprint density at radius 1 is 1.12 bits per heavy atom. The van der Waals surface area contributed by atoms with E-state index in [9.17, 15) is 8.42 Å². The highest BCUT2D eigenvalue weighted by Crippen LogP contribution is 2.34. The van der Waals surface area contributed by atoms with Gasteiger partial charge in [-0.1, -0.05) is 0 Å². The van der Waals surface area contributed by atoms with E-state index in [0.717, 1.165) is 24.2 Å². The maximum absolute atomic E-state index is 12.7. The van der Waals surface area contributed by atoms with Gasteiger partial charge < -0.3 is 9.47 Å². The molecule has 5 nitrogen and oxygen atoms in total. The number of rotatable bonds is 5. The van der Waals surface area contributed by atoms with Crippen LogP contribution in [0, 0.1) is 0 Å². The zero-order valence-corrected chi connectivity index (χ0v) is 16.4. The molecule has 0 amide bonds. The van der Waals surface area contributed by atoms with Crippen molar-refractivity contribution in [3.8, 4) is 11.5 Å². The Kier molecular flexibility index (Phi) is 4.88. The van der Waals surface area contributed by atoms with Crippen molar-refractivity contribution in [3.05, 3.63) is 48.0 Å². The minimum absolute atomic E-state index is 0.0697. The van der Waals surface area contributed by atoms with Crippen molar-refractivity contribution in [3.63, 3.8) is 0 Å². The third kappa shape index (κ3) is 4.30. The van der Waals surface area contributed by atoms with Gasteiger partial charge >= 0.3 is 0 Å². The quantitative estimate of drug-likeness (QED) is 0.842. The lowest BCUT2D eigenvalue weighted by atomic mass is 9.94. The zero-order chi connectivity index (χ0) is 18.9. The first-order valence-corrected chi connectivity index (χ1v) is 10.2. The molecule has 0 spiro atoms. The third-order valence-corrected chi connectivity index (χ3v) is 5.58. The average Bonchev–Trinajstić information content (AvgIpc) is 2.54. The minimum Gasteiger partial charge on any atom is -0.491 e. The lowest BCUT2D eigenvalue weighted by Crippen LogP contribution is -2.32. The van der Waals surface area contributed by atoms with E-state index in [1.54, 1.807) is 42.5 Å². The van der Waals surface area contributed by atoms with Crippen molar-refractivity contribution < 1.29 is 17.9 Å². The lowest BCUT2D eigenvalue weighted by molar-refractivity contribution is 0.0845. The molecule has 1 aliphatic rings. The molecule has 0 aromatic heterocycles. The molecule has 6 heteroatoms. The number of anilines is 1. The molecular formula is C20H25NO4S. The summed E-state index contributed by atoms with van der Waals surface area (Å²) in [5.41, 5.74) is 1.20. The van der Waals surface area contributed by atoms with Gasteiger partial charge in [0.1, 0.15) is 17.1 Å². The molecule has 0 radical (unpaired) electrons. The van der Waals surface area contributed by atoms with E-state index >= 15 is 0 Å². The first kappa shape index (κ1) is 18.6. The molecule has 1 N–H and O–H groups in total. The number of hydrogen-bond acceptors (Lipinski definition) is 4. The van der Waals surface area contributed by atoms with E-state index in [4.69, 9.17) is 9.47 Å². The van der Waals surface area contributed by atoms with E-state index in [0.29, 0.717) is 11.4 Å². The van der Waals surface area contributed by atoms with Gasteiger partial charge in [0.15, 0.2) is 0 Å². The van der Waals surface area contributed by atoms with Crippen molar-refractivity contribution >= 4 is 15.7 Å². The SMILES string of the molecule is CC(C)Oc1ccc(NS(=O)(=O)c2ccc3c(c2)CCC(C)(C)O3)cc1. The number of sulfonamides is 1. The first-order chi connectivity index (χ1) is 12.1. The van der Waals surface area contributed by atoms with E-state index in [1.165, 1.54) is 0 Å². The van der Waals surface area contributed by atoms with Crippen LogP contribution in [0.4, 0.5) is 5.69 Å². The molecule has 1 heterocycles. The Bertz CT molecular complexity index is 887. The predicted molar refractivity (Wildman–Crippen MR) is 102 cm³/mol. The summed E-state index contributed by atoms with van der Waals surface area (Å²) < 4.78 is 39.5. The lowest BCUT2D eigenvalue weighted by Gasteiger charge is -2.32. The molecule has 0 aliphatic carbocycles. The molecule has 0 atom stereocenters. The van der Waals surface area contributed by atoms with Gasteiger partial charge in [-0.3, -0.25) is 4.72 Å². The van der Waals surface area contributed by atoms with Gasteiger partial charge in [0, 0.05) is 5.69 Å². The number of fused-ring (bicyclic) bond motifs is 1. The van der Waals surface area contributed by atoms with Gasteiger partial charge in [-0.25, -0.2) is 8.42 Å². The van der Waals surface area contributed by atoms with Crippen LogP contribution in [0.2, 0.25) is 0 Å². The van der Waals surface area contributed by atoms with Gasteiger partial charge in [-0.05, 0) is 88.6 Å². The molecule has 26 heavy (non-hydrogen) atoms. The van der Waals surface area contributed by atoms with Crippen LogP contribution >= 0.6 is 0 Å². The molecular weight excluding hydrogens is 350 g/mol. The molecule has 2 aromatic carbocycles. The summed E-state index contributed by atoms with van der Waals surface area (Å²) in [6.45, 7) is 7.96. The highest BCUT2D eigenvalue weighted by molar-refractivity contribution is 7.92. The number of benzene rings is 2. The number of hydrogen-bond donors (Lipinski definition) is 1. The largest absolute Gasteiger partial charge is 0.491 e. The summed E-state index contributed by atoms with van der Waals surface area (Å²) in [5.74, 6) is 1.46. The van der Waals surface area contributed by atoms with Crippen LogP contribution in [0.25, 0.3) is 0 Å². The summed E-state index contributed by atoms with van der Waals surface area (Å²) in [5, 5.41) is 0. The smallest absolute Gasteiger partial charge is 0.261 e. The molecule has 0 fully saturated rings. The van der Waals surface area contributed by atoms with Crippen LogP contribution in [-0.2, 0) is 16.4 Å². The normalized spacial score (nSPS) is 15.9. The minimum atomic E-state index is -3.66. The second-order valence-electron chi connectivity index (χ2n) is 7.43. The second kappa shape index (κ2) is 6.83. The van der Waals surface area contributed by atoms with Crippen LogP contribution in [-0.4, -0.2) is 20.1 Å². The summed E-state index contributed by atoms with van der Waals surface area (Å²) in [4.78, 5) is 0.238. The van der Waals surface area contributed by atoms with Gasteiger partial charge in [-0.2, -0.15) is 0 Å². The third-order valence-electron chi connectivity index (χ3n) is 4.20. The fourth-order valence-corrected chi connectivity index (χ4v) is 4.00. The zero-order valence-electron chi connectivity index (χ0n) is 15.6. The summed E-state index contributed by atoms with van der Waals surface area (Å²) in [7, 11) is -3.66. The maximum Gasteiger partial charge on any atom is 0.261 e. The maximum atomic E-state index is 12.7. The molecule has 1 aliphatic heterocycles. The van der Waals surface area contributed by atoms with Crippen molar-refractivity contribution in [1.82, 2.24) is 0 Å². The molecule has 2 aromatic rings. The highest BCUT2D eigenvalue weighted by atomic mass is 32.2. The van der Waals surface area contributed by atoms with Crippen LogP contribution in [0.1, 0.15) is 39.7 Å². The molecule has 0 saturated carbocycles. The van der Waals surface area contributed by atoms with E-state index < -0.39 is 10.0 Å². The van der Waals surface area contributed by atoms with Crippen molar-refractivity contribution in [1.29, 1.82) is 0 Å². The fraction of sp³-hybridized carbons (Fsp3) is 0.400. The van der Waals surface area contributed by atoms with Crippen LogP contribution in [0.3, 0.4) is 0 Å². The van der Waals surface area contributed by atoms with Gasteiger partial charge in [0.05, 0.1) is 11.0 Å². The van der Waals surface area contributed by atoms with E-state index in [1.807, 2.05) is 27.7 Å². The monoisotopic (exact) mass is 375 g/mol. The van der Waals surface area contributed by atoms with Gasteiger partial charge in [0.2, 0.25) is 0 Å². The van der Waals surface area contributed by atoms with Crippen LogP contribution in [0.5, 0.6) is 11.5 Å². The standard InChI is InChI=1S/C20H25NO4S/c1-14(2)24-17-7-5-16(6-8-17)21-26(22,23)18-9-10-19-15(13-18)11-12-20(3,4)25-19/h5-10,13-14,21H,11-12H2,1-4H3. The number of aryl methyl sites for hydroxylation is 1. The van der Waals surface area contributed by atoms with Crippen LogP contribution < -0.4 is 14.2 Å². The fourth-order valence-electron chi connectivity index (χ4n) is 2.89. The van der Waals surface area contributed by atoms with Crippen molar-refractivity contribution in [2.45, 2.75) is 57.1 Å². The molecule has 0 bridgehead atoms. The summed E-state index contributed by atoms with van der Waals surface area (Å²) in [6.07, 6.45) is 1.72. The second-order valence-corrected chi connectivity index (χ2v) is 9.11. The van der Waals surface area contributed by atoms with Crippen LogP contribution in [0.15, 0.2) is 47.4 Å². The highest BCUT2D eigenvalue weighted by Gasteiger charge is 2.27. The first-order valence-electron chi connectivity index (χ1n) is 8.76. The summed E-state index contributed by atoms with van der Waals surface area (Å²) >= 11 is 0. The Balaban J connectivity index is 1.78. The van der Waals surface area contributed by atoms with Crippen molar-refractivity contribution in [2.24, 2.45) is 0 Å².